The second-order valence-electron chi connectivity index (χ2n) is 9.83. The maximum absolute atomic E-state index is 11.8. The number of hydrogen-bond acceptors (Lipinski definition) is 5. The van der Waals surface area contributed by atoms with Crippen molar-refractivity contribution < 1.29 is 23.9 Å². The van der Waals surface area contributed by atoms with E-state index in [1.54, 1.807) is 6.92 Å². The van der Waals surface area contributed by atoms with Gasteiger partial charge >= 0.3 is 11.9 Å². The van der Waals surface area contributed by atoms with Gasteiger partial charge in [-0.05, 0) is 33.1 Å². The summed E-state index contributed by atoms with van der Waals surface area (Å²) in [4.78, 5) is 34.5. The molecular weight excluding hydrogens is 428 g/mol. The quantitative estimate of drug-likeness (QED) is 0.0967. The maximum atomic E-state index is 11.8. The van der Waals surface area contributed by atoms with E-state index in [1.165, 1.54) is 77.6 Å². The van der Waals surface area contributed by atoms with Crippen molar-refractivity contribution >= 4 is 17.7 Å². The van der Waals surface area contributed by atoms with Gasteiger partial charge in [0.05, 0.1) is 6.61 Å². The molecule has 0 aliphatic carbocycles. The minimum Gasteiger partial charge on any atom is -0.466 e. The fourth-order valence-electron chi connectivity index (χ4n) is 3.96. The second kappa shape index (κ2) is 24.7. The summed E-state index contributed by atoms with van der Waals surface area (Å²) in [5, 5.41) is 0. The predicted octanol–water partition coefficient (Wildman–Crippen LogP) is 8.26. The molecule has 1 unspecified atom stereocenters. The van der Waals surface area contributed by atoms with E-state index in [4.69, 9.17) is 9.47 Å². The molecule has 0 fully saturated rings. The number of hydrogen-bond donors (Lipinski definition) is 0. The highest BCUT2D eigenvalue weighted by molar-refractivity contribution is 5.83. The minimum absolute atomic E-state index is 0.0683. The number of esters is 2. The van der Waals surface area contributed by atoms with Gasteiger partial charge in [0.25, 0.3) is 0 Å². The van der Waals surface area contributed by atoms with Gasteiger partial charge in [-0.3, -0.25) is 14.4 Å². The lowest BCUT2D eigenvalue weighted by Crippen LogP contribution is -2.21. The first-order valence-corrected chi connectivity index (χ1v) is 14.3. The van der Waals surface area contributed by atoms with Gasteiger partial charge in [0, 0.05) is 12.8 Å². The number of Topliss-reactive ketones (excluding diaryl/α,β-unsaturated/α-hetero) is 1. The number of unbranched alkanes of at least 4 members (excludes halogenated alkanes) is 17. The van der Waals surface area contributed by atoms with Crippen molar-refractivity contribution in [3.63, 3.8) is 0 Å². The molecule has 5 heteroatoms. The van der Waals surface area contributed by atoms with Gasteiger partial charge in [0.15, 0.2) is 11.9 Å². The van der Waals surface area contributed by atoms with E-state index in [2.05, 4.69) is 6.92 Å². The van der Waals surface area contributed by atoms with Crippen molar-refractivity contribution in [3.05, 3.63) is 0 Å². The molecule has 0 amide bonds. The maximum Gasteiger partial charge on any atom is 0.306 e. The standard InChI is InChI=1S/C29H54O5/c1-4-5-6-7-8-9-10-11-12-13-16-19-22-25-33-28(31)23-20-17-14-15-18-21-24-29(32)34-27(3)26(2)30/h27H,4-25H2,1-3H3. The van der Waals surface area contributed by atoms with Gasteiger partial charge in [-0.25, -0.2) is 0 Å². The van der Waals surface area contributed by atoms with Crippen LogP contribution >= 0.6 is 0 Å². The summed E-state index contributed by atoms with van der Waals surface area (Å²) in [7, 11) is 0. The first kappa shape index (κ1) is 32.6. The Hall–Kier alpha value is -1.39. The van der Waals surface area contributed by atoms with E-state index in [9.17, 15) is 14.4 Å². The monoisotopic (exact) mass is 482 g/mol. The van der Waals surface area contributed by atoms with Crippen molar-refractivity contribution in [2.45, 2.75) is 162 Å². The molecular formula is C29H54O5. The Kier molecular flexibility index (Phi) is 23.7. The Balaban J connectivity index is 3.28. The molecule has 34 heavy (non-hydrogen) atoms. The molecule has 0 saturated heterocycles. The fraction of sp³-hybridized carbons (Fsp3) is 0.897. The number of rotatable bonds is 25. The Morgan fingerprint density at radius 3 is 1.38 bits per heavy atom. The lowest BCUT2D eigenvalue weighted by atomic mass is 10.0. The molecule has 200 valence electrons. The van der Waals surface area contributed by atoms with Crippen molar-refractivity contribution in [2.24, 2.45) is 0 Å². The molecule has 0 aliphatic rings. The van der Waals surface area contributed by atoms with Crippen LogP contribution in [0.2, 0.25) is 0 Å². The van der Waals surface area contributed by atoms with Gasteiger partial charge in [-0.2, -0.15) is 0 Å². The van der Waals surface area contributed by atoms with Gasteiger partial charge < -0.3 is 9.47 Å². The Bertz CT molecular complexity index is 503. The van der Waals surface area contributed by atoms with Crippen LogP contribution in [-0.2, 0) is 23.9 Å². The van der Waals surface area contributed by atoms with Gasteiger partial charge in [-0.15, -0.1) is 0 Å². The van der Waals surface area contributed by atoms with Crippen LogP contribution in [0.1, 0.15) is 156 Å². The molecule has 0 spiro atoms. The third-order valence-corrected chi connectivity index (χ3v) is 6.40. The number of carbonyl (C=O) groups is 3. The minimum atomic E-state index is -0.642. The van der Waals surface area contributed by atoms with E-state index in [-0.39, 0.29) is 17.7 Å². The lowest BCUT2D eigenvalue weighted by Gasteiger charge is -2.09. The zero-order valence-electron chi connectivity index (χ0n) is 22.7. The van der Waals surface area contributed by atoms with Crippen LogP contribution < -0.4 is 0 Å². The van der Waals surface area contributed by atoms with Crippen LogP contribution in [0.5, 0.6) is 0 Å². The molecule has 0 aromatic carbocycles. The van der Waals surface area contributed by atoms with E-state index in [1.807, 2.05) is 0 Å². The first-order chi connectivity index (χ1) is 16.5. The molecule has 0 N–H and O–H groups in total. The molecule has 1 atom stereocenters. The summed E-state index contributed by atoms with van der Waals surface area (Å²) in [6, 6.07) is 0. The highest BCUT2D eigenvalue weighted by atomic mass is 16.5. The van der Waals surface area contributed by atoms with E-state index < -0.39 is 6.10 Å². The van der Waals surface area contributed by atoms with Crippen molar-refractivity contribution in [1.82, 2.24) is 0 Å². The third-order valence-electron chi connectivity index (χ3n) is 6.40. The molecule has 0 rings (SSSR count). The first-order valence-electron chi connectivity index (χ1n) is 14.3. The number of ketones is 1. The van der Waals surface area contributed by atoms with Gasteiger partial charge in [-0.1, -0.05) is 110 Å². The van der Waals surface area contributed by atoms with Crippen molar-refractivity contribution in [1.29, 1.82) is 0 Å². The Labute approximate surface area is 210 Å². The van der Waals surface area contributed by atoms with Gasteiger partial charge in [0.2, 0.25) is 0 Å². The summed E-state index contributed by atoms with van der Waals surface area (Å²) in [5.41, 5.74) is 0. The normalized spacial score (nSPS) is 11.9. The molecule has 0 saturated carbocycles. The van der Waals surface area contributed by atoms with Crippen LogP contribution in [0.4, 0.5) is 0 Å². The van der Waals surface area contributed by atoms with E-state index in [0.717, 1.165) is 51.4 Å². The summed E-state index contributed by atoms with van der Waals surface area (Å²) < 4.78 is 10.4. The highest BCUT2D eigenvalue weighted by Crippen LogP contribution is 2.13. The smallest absolute Gasteiger partial charge is 0.306 e. The SMILES string of the molecule is CCCCCCCCCCCCCCCOC(=O)CCCCCCCCC(=O)OC(C)C(C)=O. The number of ether oxygens (including phenoxy) is 2. The lowest BCUT2D eigenvalue weighted by molar-refractivity contribution is -0.153. The van der Waals surface area contributed by atoms with E-state index >= 15 is 0 Å². The summed E-state index contributed by atoms with van der Waals surface area (Å²) >= 11 is 0. The molecule has 0 radical (unpaired) electrons. The predicted molar refractivity (Wildman–Crippen MR) is 140 cm³/mol. The molecule has 0 heterocycles. The second-order valence-corrected chi connectivity index (χ2v) is 9.83. The van der Waals surface area contributed by atoms with Crippen molar-refractivity contribution in [3.8, 4) is 0 Å². The Morgan fingerprint density at radius 2 is 0.941 bits per heavy atom. The summed E-state index contributed by atoms with van der Waals surface area (Å²) in [5.74, 6) is -0.494. The third kappa shape index (κ3) is 23.8. The zero-order chi connectivity index (χ0) is 25.3. The van der Waals surface area contributed by atoms with Crippen LogP contribution in [0.25, 0.3) is 0 Å². The molecule has 5 nitrogen and oxygen atoms in total. The van der Waals surface area contributed by atoms with Crippen LogP contribution in [0.3, 0.4) is 0 Å². The van der Waals surface area contributed by atoms with Crippen molar-refractivity contribution in [2.75, 3.05) is 6.61 Å². The van der Waals surface area contributed by atoms with E-state index in [0.29, 0.717) is 19.4 Å². The fourth-order valence-corrected chi connectivity index (χ4v) is 3.96. The van der Waals surface area contributed by atoms with Crippen LogP contribution in [0.15, 0.2) is 0 Å². The highest BCUT2D eigenvalue weighted by Gasteiger charge is 2.12. The van der Waals surface area contributed by atoms with Crippen LogP contribution in [-0.4, -0.2) is 30.4 Å². The summed E-state index contributed by atoms with van der Waals surface area (Å²) in [6.07, 6.45) is 23.1. The molecule has 0 bridgehead atoms. The molecule has 0 aromatic heterocycles. The van der Waals surface area contributed by atoms with Crippen LogP contribution in [0, 0.1) is 0 Å². The average Bonchev–Trinajstić information content (AvgIpc) is 2.80. The zero-order valence-corrected chi connectivity index (χ0v) is 22.7. The molecule has 0 aromatic rings. The largest absolute Gasteiger partial charge is 0.466 e. The summed E-state index contributed by atoms with van der Waals surface area (Å²) in [6.45, 7) is 5.86. The topological polar surface area (TPSA) is 69.7 Å². The molecule has 0 aliphatic heterocycles. The average molecular weight is 483 g/mol. The van der Waals surface area contributed by atoms with Gasteiger partial charge in [0.1, 0.15) is 0 Å². The Morgan fingerprint density at radius 1 is 0.559 bits per heavy atom. The number of carbonyl (C=O) groups excluding carboxylic acids is 3.